The van der Waals surface area contributed by atoms with Crippen molar-refractivity contribution in [2.45, 2.75) is 44.1 Å². The lowest BCUT2D eigenvalue weighted by molar-refractivity contribution is -0.160. The molecule has 19 heavy (non-hydrogen) atoms. The highest BCUT2D eigenvalue weighted by Gasteiger charge is 2.45. The molecule has 2 aliphatic rings. The van der Waals surface area contributed by atoms with Crippen molar-refractivity contribution in [1.29, 1.82) is 0 Å². The van der Waals surface area contributed by atoms with E-state index in [-0.39, 0.29) is 24.4 Å². The van der Waals surface area contributed by atoms with E-state index in [1.54, 1.807) is 0 Å². The molecule has 4 atom stereocenters. The van der Waals surface area contributed by atoms with Gasteiger partial charge in [0.05, 0.1) is 6.10 Å². The molecule has 1 aliphatic heterocycles. The minimum Gasteiger partial charge on any atom is -0.460 e. The van der Waals surface area contributed by atoms with Crippen LogP contribution in [-0.4, -0.2) is 36.0 Å². The third-order valence-electron chi connectivity index (χ3n) is 3.41. The van der Waals surface area contributed by atoms with Gasteiger partial charge in [-0.05, 0) is 38.7 Å². The molecule has 106 valence electrons. The first kappa shape index (κ1) is 14.4. The molecule has 1 heterocycles. The Balaban J connectivity index is 1.72. The lowest BCUT2D eigenvalue weighted by Gasteiger charge is -2.14. The Kier molecular flexibility index (Phi) is 4.52. The average molecular weight is 286 g/mol. The van der Waals surface area contributed by atoms with Crippen molar-refractivity contribution in [2.24, 2.45) is 5.92 Å². The van der Waals surface area contributed by atoms with Crippen LogP contribution < -0.4 is 0 Å². The number of hydrogen-bond acceptors (Lipinski definition) is 6. The Morgan fingerprint density at radius 2 is 2.16 bits per heavy atom. The van der Waals surface area contributed by atoms with Gasteiger partial charge in [0.2, 0.25) is 0 Å². The smallest absolute Gasteiger partial charge is 0.344 e. The molecular weight excluding hydrogens is 268 g/mol. The third kappa shape index (κ3) is 3.51. The fourth-order valence-electron chi connectivity index (χ4n) is 2.38. The van der Waals surface area contributed by atoms with Crippen LogP contribution in [0.25, 0.3) is 0 Å². The zero-order valence-electron chi connectivity index (χ0n) is 11.1. The van der Waals surface area contributed by atoms with Crippen LogP contribution in [0.2, 0.25) is 0 Å². The number of hydrogen-bond donors (Lipinski definition) is 0. The van der Waals surface area contributed by atoms with Crippen molar-refractivity contribution in [3.63, 3.8) is 0 Å². The lowest BCUT2D eigenvalue weighted by atomic mass is 10.0. The van der Waals surface area contributed by atoms with E-state index in [0.29, 0.717) is 11.2 Å². The highest BCUT2D eigenvalue weighted by atomic mass is 32.2. The predicted octanol–water partition coefficient (Wildman–Crippen LogP) is 1.86. The highest BCUT2D eigenvalue weighted by Crippen LogP contribution is 2.46. The van der Waals surface area contributed by atoms with Gasteiger partial charge in [0.25, 0.3) is 0 Å². The van der Waals surface area contributed by atoms with Gasteiger partial charge in [-0.25, -0.2) is 9.59 Å². The molecule has 0 N–H and O–H groups in total. The Bertz CT molecular complexity index is 394. The molecule has 4 unspecified atom stereocenters. The fourth-order valence-corrected chi connectivity index (χ4v) is 3.61. The van der Waals surface area contributed by atoms with Crippen LogP contribution in [0.4, 0.5) is 0 Å². The highest BCUT2D eigenvalue weighted by molar-refractivity contribution is 7.95. The van der Waals surface area contributed by atoms with Crippen molar-refractivity contribution >= 4 is 24.0 Å². The summed E-state index contributed by atoms with van der Waals surface area (Å²) in [5, 5.41) is 0.408. The molecule has 0 spiro atoms. The first-order valence-corrected chi connectivity index (χ1v) is 7.12. The summed E-state index contributed by atoms with van der Waals surface area (Å²) in [5.74, 6) is -0.628. The molecule has 0 aromatic heterocycles. The fraction of sp³-hybridized carbons (Fsp3) is 0.692. The van der Waals surface area contributed by atoms with Crippen molar-refractivity contribution in [3.8, 4) is 0 Å². The second-order valence-corrected chi connectivity index (χ2v) is 6.03. The largest absolute Gasteiger partial charge is 0.460 e. The van der Waals surface area contributed by atoms with E-state index in [9.17, 15) is 9.59 Å². The number of fused-ring (bicyclic) bond motifs is 1. The number of carbonyl (C=O) groups excluding carboxylic acids is 2. The van der Waals surface area contributed by atoms with E-state index in [4.69, 9.17) is 13.7 Å². The maximum atomic E-state index is 11.6. The Morgan fingerprint density at radius 1 is 1.42 bits per heavy atom. The van der Waals surface area contributed by atoms with Crippen LogP contribution >= 0.6 is 12.0 Å². The Labute approximate surface area is 116 Å². The monoisotopic (exact) mass is 286 g/mol. The molecule has 1 aliphatic carbocycles. The van der Waals surface area contributed by atoms with E-state index in [0.717, 1.165) is 12.8 Å². The Morgan fingerprint density at radius 3 is 2.79 bits per heavy atom. The van der Waals surface area contributed by atoms with Crippen molar-refractivity contribution in [1.82, 2.24) is 0 Å². The van der Waals surface area contributed by atoms with Gasteiger partial charge in [-0.15, -0.1) is 0 Å². The van der Waals surface area contributed by atoms with Crippen LogP contribution in [0.3, 0.4) is 0 Å². The van der Waals surface area contributed by atoms with Crippen LogP contribution in [0.1, 0.15) is 26.7 Å². The zero-order chi connectivity index (χ0) is 14.0. The third-order valence-corrected chi connectivity index (χ3v) is 4.61. The van der Waals surface area contributed by atoms with Crippen LogP contribution in [0.5, 0.6) is 0 Å². The summed E-state index contributed by atoms with van der Waals surface area (Å²) in [6, 6.07) is 0. The average Bonchev–Trinajstić information content (AvgIpc) is 2.88. The zero-order valence-corrected chi connectivity index (χ0v) is 11.9. The van der Waals surface area contributed by atoms with Crippen molar-refractivity contribution in [2.75, 3.05) is 6.61 Å². The van der Waals surface area contributed by atoms with Gasteiger partial charge in [-0.2, -0.15) is 0 Å². The van der Waals surface area contributed by atoms with E-state index in [1.165, 1.54) is 19.0 Å². The summed E-state index contributed by atoms with van der Waals surface area (Å²) < 4.78 is 15.5. The molecule has 5 nitrogen and oxygen atoms in total. The maximum absolute atomic E-state index is 11.6. The molecule has 1 saturated heterocycles. The minimum atomic E-state index is -0.571. The van der Waals surface area contributed by atoms with Gasteiger partial charge in [-0.1, -0.05) is 6.58 Å². The summed E-state index contributed by atoms with van der Waals surface area (Å²) >= 11 is 1.49. The van der Waals surface area contributed by atoms with Gasteiger partial charge in [0, 0.05) is 16.7 Å². The van der Waals surface area contributed by atoms with E-state index >= 15 is 0 Å². The second kappa shape index (κ2) is 5.96. The van der Waals surface area contributed by atoms with Gasteiger partial charge < -0.3 is 13.7 Å². The predicted molar refractivity (Wildman–Crippen MR) is 70.3 cm³/mol. The number of carbonyl (C=O) groups is 2. The molecule has 0 aromatic carbocycles. The SMILES string of the molecule is C=C(C)C(=O)OCC(=O)OC1CC2SOC(C)C2C1. The van der Waals surface area contributed by atoms with Crippen LogP contribution in [-0.2, 0) is 23.2 Å². The number of esters is 2. The van der Waals surface area contributed by atoms with Crippen molar-refractivity contribution in [3.05, 3.63) is 12.2 Å². The molecule has 6 heteroatoms. The Hall–Kier alpha value is -1.01. The quantitative estimate of drug-likeness (QED) is 0.446. The number of rotatable bonds is 4. The topological polar surface area (TPSA) is 61.8 Å². The molecule has 0 radical (unpaired) electrons. The molecule has 0 aromatic rings. The van der Waals surface area contributed by atoms with Gasteiger partial charge in [0.15, 0.2) is 6.61 Å². The second-order valence-electron chi connectivity index (χ2n) is 5.04. The first-order valence-electron chi connectivity index (χ1n) is 6.31. The lowest BCUT2D eigenvalue weighted by Crippen LogP contribution is -2.22. The summed E-state index contributed by atoms with van der Waals surface area (Å²) in [6.45, 7) is 6.66. The van der Waals surface area contributed by atoms with Crippen LogP contribution in [0, 0.1) is 5.92 Å². The molecule has 2 rings (SSSR count). The summed E-state index contributed by atoms with van der Waals surface area (Å²) in [6.07, 6.45) is 1.74. The normalized spacial score (nSPS) is 32.7. The first-order chi connectivity index (χ1) is 8.97. The van der Waals surface area contributed by atoms with Crippen molar-refractivity contribution < 1.29 is 23.2 Å². The molecule has 0 amide bonds. The maximum Gasteiger partial charge on any atom is 0.344 e. The molecule has 2 fully saturated rings. The van der Waals surface area contributed by atoms with Gasteiger partial charge in [0.1, 0.15) is 6.10 Å². The standard InChI is InChI=1S/C13H18O5S/c1-7(2)13(15)16-6-12(14)17-9-4-10-8(3)18-19-11(10)5-9/h8-11H,1,4-6H2,2-3H3. The molecule has 1 saturated carbocycles. The number of ether oxygens (including phenoxy) is 2. The van der Waals surface area contributed by atoms with E-state index < -0.39 is 11.9 Å². The minimum absolute atomic E-state index is 0.0927. The molecule has 0 bridgehead atoms. The van der Waals surface area contributed by atoms with Gasteiger partial charge >= 0.3 is 11.9 Å². The van der Waals surface area contributed by atoms with Crippen LogP contribution in [0.15, 0.2) is 12.2 Å². The van der Waals surface area contributed by atoms with Gasteiger partial charge in [-0.3, -0.25) is 0 Å². The molecular formula is C13H18O5S. The van der Waals surface area contributed by atoms with E-state index in [1.807, 2.05) is 6.92 Å². The van der Waals surface area contributed by atoms with E-state index in [2.05, 4.69) is 6.58 Å². The summed E-state index contributed by atoms with van der Waals surface area (Å²) in [4.78, 5) is 22.7. The summed E-state index contributed by atoms with van der Waals surface area (Å²) in [7, 11) is 0. The summed E-state index contributed by atoms with van der Waals surface area (Å²) in [5.41, 5.74) is 0.269.